The third-order valence-corrected chi connectivity index (χ3v) is 5.70. The van der Waals surface area contributed by atoms with Crippen LogP contribution in [0.25, 0.3) is 0 Å². The zero-order chi connectivity index (χ0) is 18.5. The summed E-state index contributed by atoms with van der Waals surface area (Å²) in [6.07, 6.45) is -2.58. The molecule has 0 aromatic heterocycles. The highest BCUT2D eigenvalue weighted by Gasteiger charge is 2.52. The van der Waals surface area contributed by atoms with Crippen LogP contribution in [0.4, 0.5) is 13.2 Å². The third kappa shape index (κ3) is 3.59. The van der Waals surface area contributed by atoms with Crippen LogP contribution < -0.4 is 10.8 Å². The van der Waals surface area contributed by atoms with Crippen LogP contribution in [-0.2, 0) is 15.5 Å². The molecule has 2 aliphatic heterocycles. The minimum atomic E-state index is -4.38. The molecule has 0 unspecified atom stereocenters. The number of rotatable bonds is 2. The van der Waals surface area contributed by atoms with Gasteiger partial charge in [0.15, 0.2) is 0 Å². The Bertz CT molecular complexity index is 624. The highest BCUT2D eigenvalue weighted by molar-refractivity contribution is 6.62. The Balaban J connectivity index is 2.02. The lowest BCUT2D eigenvalue weighted by Gasteiger charge is -2.32. The molecule has 0 saturated carbocycles. The van der Waals surface area contributed by atoms with Crippen LogP contribution >= 0.6 is 0 Å². The van der Waals surface area contributed by atoms with Crippen LogP contribution in [0.1, 0.15) is 57.6 Å². The summed E-state index contributed by atoms with van der Waals surface area (Å²) in [5.41, 5.74) is -0.405. The monoisotopic (exact) mass is 355 g/mol. The summed E-state index contributed by atoms with van der Waals surface area (Å²) in [5.74, 6) is 0.220. The molecular formula is C18H25BF3NO2. The smallest absolute Gasteiger partial charge is 0.399 e. The molecule has 3 rings (SSSR count). The molecule has 0 bridgehead atoms. The van der Waals surface area contributed by atoms with E-state index in [9.17, 15) is 13.2 Å². The van der Waals surface area contributed by atoms with Crippen molar-refractivity contribution in [3.63, 3.8) is 0 Å². The van der Waals surface area contributed by atoms with E-state index in [1.165, 1.54) is 12.1 Å². The lowest BCUT2D eigenvalue weighted by Crippen LogP contribution is -2.41. The van der Waals surface area contributed by atoms with Gasteiger partial charge in [-0.2, -0.15) is 13.2 Å². The zero-order valence-corrected chi connectivity index (χ0v) is 15.2. The molecule has 2 heterocycles. The van der Waals surface area contributed by atoms with Gasteiger partial charge in [0.1, 0.15) is 0 Å². The van der Waals surface area contributed by atoms with Crippen LogP contribution in [0, 0.1) is 0 Å². The number of piperidine rings is 1. The highest BCUT2D eigenvalue weighted by atomic mass is 19.4. The molecule has 0 radical (unpaired) electrons. The SMILES string of the molecule is CC1(C)OB(c2cc(C(F)(F)F)ccc2C2CCNCC2)OC1(C)C. The van der Waals surface area contributed by atoms with Crippen molar-refractivity contribution in [2.75, 3.05) is 13.1 Å². The molecule has 1 aromatic carbocycles. The average Bonchev–Trinajstić information content (AvgIpc) is 2.75. The van der Waals surface area contributed by atoms with Gasteiger partial charge in [0.05, 0.1) is 16.8 Å². The van der Waals surface area contributed by atoms with E-state index in [1.54, 1.807) is 6.07 Å². The molecule has 138 valence electrons. The number of alkyl halides is 3. The van der Waals surface area contributed by atoms with Crippen LogP contribution in [0.15, 0.2) is 18.2 Å². The maximum Gasteiger partial charge on any atom is 0.495 e. The molecule has 0 amide bonds. The Kier molecular flexibility index (Phi) is 4.71. The second-order valence-electron chi connectivity index (χ2n) is 7.95. The summed E-state index contributed by atoms with van der Waals surface area (Å²) < 4.78 is 51.8. The van der Waals surface area contributed by atoms with E-state index in [1.807, 2.05) is 27.7 Å². The number of halogens is 3. The predicted octanol–water partition coefficient (Wildman–Crippen LogP) is 3.47. The Hall–Kier alpha value is -1.05. The molecule has 7 heteroatoms. The van der Waals surface area contributed by atoms with Gasteiger partial charge < -0.3 is 14.6 Å². The van der Waals surface area contributed by atoms with Gasteiger partial charge in [-0.15, -0.1) is 0 Å². The van der Waals surface area contributed by atoms with Crippen molar-refractivity contribution in [1.29, 1.82) is 0 Å². The zero-order valence-electron chi connectivity index (χ0n) is 15.2. The van der Waals surface area contributed by atoms with E-state index in [0.29, 0.717) is 5.46 Å². The van der Waals surface area contributed by atoms with Gasteiger partial charge in [-0.25, -0.2) is 0 Å². The average molecular weight is 355 g/mol. The van der Waals surface area contributed by atoms with Crippen molar-refractivity contribution in [2.24, 2.45) is 0 Å². The van der Waals surface area contributed by atoms with E-state index >= 15 is 0 Å². The largest absolute Gasteiger partial charge is 0.495 e. The van der Waals surface area contributed by atoms with Gasteiger partial charge in [-0.1, -0.05) is 6.07 Å². The summed E-state index contributed by atoms with van der Waals surface area (Å²) >= 11 is 0. The molecule has 1 N–H and O–H groups in total. The van der Waals surface area contributed by atoms with Crippen molar-refractivity contribution in [1.82, 2.24) is 5.32 Å². The number of hydrogen-bond acceptors (Lipinski definition) is 3. The second kappa shape index (κ2) is 6.29. The molecule has 2 aliphatic rings. The maximum absolute atomic E-state index is 13.2. The quantitative estimate of drug-likeness (QED) is 0.825. The molecule has 2 saturated heterocycles. The van der Waals surface area contributed by atoms with Crippen molar-refractivity contribution in [3.8, 4) is 0 Å². The van der Waals surface area contributed by atoms with Gasteiger partial charge >= 0.3 is 13.3 Å². The lowest BCUT2D eigenvalue weighted by molar-refractivity contribution is -0.137. The summed E-state index contributed by atoms with van der Waals surface area (Å²) in [4.78, 5) is 0. The first-order chi connectivity index (χ1) is 11.5. The van der Waals surface area contributed by atoms with Gasteiger partial charge in [-0.3, -0.25) is 0 Å². The maximum atomic E-state index is 13.2. The Morgan fingerprint density at radius 1 is 1.04 bits per heavy atom. The van der Waals surface area contributed by atoms with Crippen molar-refractivity contribution in [2.45, 2.75) is 63.8 Å². The Labute approximate surface area is 147 Å². The Morgan fingerprint density at radius 2 is 1.60 bits per heavy atom. The normalized spacial score (nSPS) is 23.9. The van der Waals surface area contributed by atoms with E-state index in [0.717, 1.165) is 31.5 Å². The third-order valence-electron chi connectivity index (χ3n) is 5.70. The van der Waals surface area contributed by atoms with E-state index in [-0.39, 0.29) is 5.92 Å². The molecule has 0 atom stereocenters. The molecule has 3 nitrogen and oxygen atoms in total. The highest BCUT2D eigenvalue weighted by Crippen LogP contribution is 2.38. The van der Waals surface area contributed by atoms with Crippen LogP contribution in [0.3, 0.4) is 0 Å². The fourth-order valence-electron chi connectivity index (χ4n) is 3.43. The van der Waals surface area contributed by atoms with Gasteiger partial charge in [0, 0.05) is 0 Å². The summed E-state index contributed by atoms with van der Waals surface area (Å²) in [6.45, 7) is 9.37. The van der Waals surface area contributed by atoms with Crippen LogP contribution in [0.2, 0.25) is 0 Å². The van der Waals surface area contributed by atoms with Crippen molar-refractivity contribution < 1.29 is 22.5 Å². The first kappa shape index (κ1) is 18.7. The van der Waals surface area contributed by atoms with Crippen LogP contribution in [0.5, 0.6) is 0 Å². The molecule has 0 aliphatic carbocycles. The summed E-state index contributed by atoms with van der Waals surface area (Å²) in [5, 5.41) is 3.29. The molecule has 0 spiro atoms. The van der Waals surface area contributed by atoms with E-state index < -0.39 is 30.1 Å². The summed E-state index contributed by atoms with van der Waals surface area (Å²) in [6, 6.07) is 3.99. The van der Waals surface area contributed by atoms with E-state index in [2.05, 4.69) is 5.32 Å². The lowest BCUT2D eigenvalue weighted by atomic mass is 9.71. The van der Waals surface area contributed by atoms with Gasteiger partial charge in [0.25, 0.3) is 0 Å². The fraction of sp³-hybridized carbons (Fsp3) is 0.667. The second-order valence-corrected chi connectivity index (χ2v) is 7.95. The molecular weight excluding hydrogens is 330 g/mol. The number of nitrogens with one attached hydrogen (secondary N) is 1. The number of hydrogen-bond donors (Lipinski definition) is 1. The van der Waals surface area contributed by atoms with Crippen molar-refractivity contribution in [3.05, 3.63) is 29.3 Å². The fourth-order valence-corrected chi connectivity index (χ4v) is 3.43. The molecule has 25 heavy (non-hydrogen) atoms. The van der Waals surface area contributed by atoms with E-state index in [4.69, 9.17) is 9.31 Å². The number of benzene rings is 1. The minimum absolute atomic E-state index is 0.220. The molecule has 2 fully saturated rings. The van der Waals surface area contributed by atoms with Crippen LogP contribution in [-0.4, -0.2) is 31.4 Å². The summed E-state index contributed by atoms with van der Waals surface area (Å²) in [7, 11) is -0.780. The van der Waals surface area contributed by atoms with Gasteiger partial charge in [-0.05, 0) is 82.7 Å². The predicted molar refractivity (Wildman–Crippen MR) is 92.0 cm³/mol. The first-order valence-corrected chi connectivity index (χ1v) is 8.79. The van der Waals surface area contributed by atoms with Gasteiger partial charge in [0.2, 0.25) is 0 Å². The van der Waals surface area contributed by atoms with Crippen molar-refractivity contribution >= 4 is 12.6 Å². The first-order valence-electron chi connectivity index (χ1n) is 8.79. The minimum Gasteiger partial charge on any atom is -0.399 e. The standard InChI is InChI=1S/C18H25BF3NO2/c1-16(2)17(3,4)25-19(24-16)15-11-13(18(20,21)22)5-6-14(15)12-7-9-23-10-8-12/h5-6,11-12,23H,7-10H2,1-4H3. The Morgan fingerprint density at radius 3 is 2.12 bits per heavy atom. The molecule has 1 aromatic rings. The topological polar surface area (TPSA) is 30.5 Å².